The fourth-order valence-corrected chi connectivity index (χ4v) is 4.08. The van der Waals surface area contributed by atoms with E-state index in [1.807, 2.05) is 12.1 Å². The smallest absolute Gasteiger partial charge is 0.118 e. The van der Waals surface area contributed by atoms with Gasteiger partial charge in [-0.15, -0.1) is 0 Å². The third-order valence-corrected chi connectivity index (χ3v) is 5.41. The molecule has 126 valence electrons. The maximum absolute atomic E-state index is 6.24. The third-order valence-electron chi connectivity index (χ3n) is 5.41. The standard InChI is InChI=1S/C21H25NO2/c1-3-14-6-11-19-18(13-14)21-17(5-4-12-24-21)20(22-19)15-7-9-16(23-2)10-8-15/h6-11,13,17,20-22H,3-5,12H2,1-2H3/t17-,20+,21+/m0/s1. The first kappa shape index (κ1) is 15.5. The van der Waals surface area contributed by atoms with Crippen molar-refractivity contribution in [2.75, 3.05) is 19.0 Å². The summed E-state index contributed by atoms with van der Waals surface area (Å²) in [5.74, 6) is 1.38. The average Bonchev–Trinajstić information content (AvgIpc) is 2.67. The maximum atomic E-state index is 6.24. The molecule has 0 aliphatic carbocycles. The topological polar surface area (TPSA) is 30.5 Å². The molecule has 4 rings (SSSR count). The van der Waals surface area contributed by atoms with Crippen LogP contribution in [0, 0.1) is 5.92 Å². The highest BCUT2D eigenvalue weighted by Crippen LogP contribution is 2.49. The molecule has 0 unspecified atom stereocenters. The van der Waals surface area contributed by atoms with Gasteiger partial charge in [0.05, 0.1) is 19.3 Å². The number of aryl methyl sites for hydroxylation is 1. The summed E-state index contributed by atoms with van der Waals surface area (Å²) >= 11 is 0. The van der Waals surface area contributed by atoms with E-state index in [-0.39, 0.29) is 6.10 Å². The zero-order chi connectivity index (χ0) is 16.5. The van der Waals surface area contributed by atoms with Crippen molar-refractivity contribution in [3.8, 4) is 5.75 Å². The number of hydrogen-bond donors (Lipinski definition) is 1. The minimum absolute atomic E-state index is 0.202. The van der Waals surface area contributed by atoms with Gasteiger partial charge < -0.3 is 14.8 Å². The summed E-state index contributed by atoms with van der Waals surface area (Å²) in [5, 5.41) is 3.78. The molecule has 2 aliphatic heterocycles. The Kier molecular flexibility index (Phi) is 4.19. The van der Waals surface area contributed by atoms with E-state index in [2.05, 4.69) is 42.6 Å². The van der Waals surface area contributed by atoms with Crippen LogP contribution in [0.4, 0.5) is 5.69 Å². The summed E-state index contributed by atoms with van der Waals surface area (Å²) in [4.78, 5) is 0. The summed E-state index contributed by atoms with van der Waals surface area (Å²) in [6.45, 7) is 3.07. The van der Waals surface area contributed by atoms with Gasteiger partial charge >= 0.3 is 0 Å². The molecule has 1 N–H and O–H groups in total. The first-order chi connectivity index (χ1) is 11.8. The van der Waals surface area contributed by atoms with Crippen molar-refractivity contribution in [1.82, 2.24) is 0 Å². The van der Waals surface area contributed by atoms with E-state index < -0.39 is 0 Å². The minimum Gasteiger partial charge on any atom is -0.497 e. The fourth-order valence-electron chi connectivity index (χ4n) is 4.08. The SMILES string of the molecule is CCc1ccc2c(c1)[C@@H]1OCCC[C@H]1[C@@H](c1ccc(OC)cc1)N2. The first-order valence-electron chi connectivity index (χ1n) is 8.95. The van der Waals surface area contributed by atoms with Gasteiger partial charge in [-0.1, -0.05) is 31.2 Å². The highest BCUT2D eigenvalue weighted by atomic mass is 16.5. The second kappa shape index (κ2) is 6.48. The van der Waals surface area contributed by atoms with Crippen LogP contribution in [0.1, 0.15) is 48.6 Å². The normalized spacial score (nSPS) is 25.3. The summed E-state index contributed by atoms with van der Waals surface area (Å²) < 4.78 is 11.5. The number of methoxy groups -OCH3 is 1. The Morgan fingerprint density at radius 3 is 2.75 bits per heavy atom. The predicted octanol–water partition coefficient (Wildman–Crippen LogP) is 4.89. The van der Waals surface area contributed by atoms with E-state index in [1.54, 1.807) is 7.11 Å². The highest BCUT2D eigenvalue weighted by molar-refractivity contribution is 5.58. The number of rotatable bonds is 3. The van der Waals surface area contributed by atoms with Crippen LogP contribution in [0.2, 0.25) is 0 Å². The van der Waals surface area contributed by atoms with Gasteiger partial charge in [0, 0.05) is 23.8 Å². The van der Waals surface area contributed by atoms with Crippen LogP contribution in [-0.4, -0.2) is 13.7 Å². The van der Waals surface area contributed by atoms with Crippen molar-refractivity contribution in [2.24, 2.45) is 5.92 Å². The number of hydrogen-bond acceptors (Lipinski definition) is 3. The van der Waals surface area contributed by atoms with E-state index in [0.717, 1.165) is 25.2 Å². The molecular weight excluding hydrogens is 298 g/mol. The van der Waals surface area contributed by atoms with Crippen LogP contribution in [0.5, 0.6) is 5.75 Å². The monoisotopic (exact) mass is 323 g/mol. The van der Waals surface area contributed by atoms with Gasteiger partial charge in [0.15, 0.2) is 0 Å². The van der Waals surface area contributed by atoms with Crippen molar-refractivity contribution < 1.29 is 9.47 Å². The predicted molar refractivity (Wildman–Crippen MR) is 96.6 cm³/mol. The van der Waals surface area contributed by atoms with Crippen LogP contribution in [0.15, 0.2) is 42.5 Å². The number of benzene rings is 2. The quantitative estimate of drug-likeness (QED) is 0.872. The number of ether oxygens (including phenoxy) is 2. The molecule has 3 atom stereocenters. The van der Waals surface area contributed by atoms with Crippen LogP contribution >= 0.6 is 0 Å². The van der Waals surface area contributed by atoms with Crippen LogP contribution in [0.3, 0.4) is 0 Å². The van der Waals surface area contributed by atoms with E-state index in [1.165, 1.54) is 28.8 Å². The molecule has 0 saturated carbocycles. The number of anilines is 1. The molecule has 1 fully saturated rings. The molecule has 0 radical (unpaired) electrons. The molecule has 2 heterocycles. The molecule has 0 amide bonds. The second-order valence-corrected chi connectivity index (χ2v) is 6.77. The van der Waals surface area contributed by atoms with Crippen molar-refractivity contribution in [3.63, 3.8) is 0 Å². The Morgan fingerprint density at radius 1 is 1.17 bits per heavy atom. The van der Waals surface area contributed by atoms with E-state index >= 15 is 0 Å². The zero-order valence-corrected chi connectivity index (χ0v) is 14.4. The van der Waals surface area contributed by atoms with E-state index in [9.17, 15) is 0 Å². The molecule has 0 bridgehead atoms. The van der Waals surface area contributed by atoms with Crippen molar-refractivity contribution in [1.29, 1.82) is 0 Å². The molecule has 3 heteroatoms. The van der Waals surface area contributed by atoms with Gasteiger partial charge in [-0.05, 0) is 48.6 Å². The Hall–Kier alpha value is -2.00. The summed E-state index contributed by atoms with van der Waals surface area (Å²) in [6, 6.07) is 15.5. The van der Waals surface area contributed by atoms with Gasteiger partial charge in [0.1, 0.15) is 5.75 Å². The molecule has 2 aliphatic rings. The largest absolute Gasteiger partial charge is 0.497 e. The lowest BCUT2D eigenvalue weighted by molar-refractivity contribution is -0.0381. The van der Waals surface area contributed by atoms with Crippen LogP contribution in [-0.2, 0) is 11.2 Å². The van der Waals surface area contributed by atoms with Gasteiger partial charge in [-0.25, -0.2) is 0 Å². The molecule has 2 aromatic carbocycles. The summed E-state index contributed by atoms with van der Waals surface area (Å²) in [6.07, 6.45) is 3.60. The molecule has 1 saturated heterocycles. The van der Waals surface area contributed by atoms with Crippen molar-refractivity contribution in [3.05, 3.63) is 59.2 Å². The van der Waals surface area contributed by atoms with E-state index in [0.29, 0.717) is 12.0 Å². The number of fused-ring (bicyclic) bond motifs is 3. The summed E-state index contributed by atoms with van der Waals surface area (Å²) in [7, 11) is 1.71. The lowest BCUT2D eigenvalue weighted by atomic mass is 9.77. The zero-order valence-electron chi connectivity index (χ0n) is 14.4. The van der Waals surface area contributed by atoms with Crippen molar-refractivity contribution >= 4 is 5.69 Å². The van der Waals surface area contributed by atoms with Gasteiger partial charge in [0.2, 0.25) is 0 Å². The number of nitrogens with one attached hydrogen (secondary N) is 1. The third kappa shape index (κ3) is 2.67. The molecular formula is C21H25NO2. The fraction of sp³-hybridized carbons (Fsp3) is 0.429. The van der Waals surface area contributed by atoms with E-state index in [4.69, 9.17) is 9.47 Å². The Balaban J connectivity index is 1.72. The molecule has 0 aromatic heterocycles. The van der Waals surface area contributed by atoms with Crippen LogP contribution < -0.4 is 10.1 Å². The Morgan fingerprint density at radius 2 is 2.00 bits per heavy atom. The van der Waals surface area contributed by atoms with Crippen molar-refractivity contribution in [2.45, 2.75) is 38.3 Å². The van der Waals surface area contributed by atoms with Gasteiger partial charge in [-0.2, -0.15) is 0 Å². The average molecular weight is 323 g/mol. The summed E-state index contributed by atoms with van der Waals surface area (Å²) in [5.41, 5.74) is 5.24. The second-order valence-electron chi connectivity index (χ2n) is 6.77. The Labute approximate surface area is 144 Å². The highest BCUT2D eigenvalue weighted by Gasteiger charge is 2.39. The first-order valence-corrected chi connectivity index (χ1v) is 8.95. The lowest BCUT2D eigenvalue weighted by Crippen LogP contribution is -2.36. The van der Waals surface area contributed by atoms with Gasteiger partial charge in [0.25, 0.3) is 0 Å². The molecule has 0 spiro atoms. The minimum atomic E-state index is 0.202. The Bertz CT molecular complexity index is 710. The van der Waals surface area contributed by atoms with Crippen LogP contribution in [0.25, 0.3) is 0 Å². The maximum Gasteiger partial charge on any atom is 0.118 e. The molecule has 3 nitrogen and oxygen atoms in total. The lowest BCUT2D eigenvalue weighted by Gasteiger charge is -2.43. The molecule has 24 heavy (non-hydrogen) atoms. The molecule has 2 aromatic rings. The van der Waals surface area contributed by atoms with Gasteiger partial charge in [-0.3, -0.25) is 0 Å².